The van der Waals surface area contributed by atoms with Crippen molar-refractivity contribution in [3.63, 3.8) is 0 Å². The van der Waals surface area contributed by atoms with E-state index in [9.17, 15) is 18.0 Å². The van der Waals surface area contributed by atoms with E-state index in [1.54, 1.807) is 0 Å². The molecule has 0 spiro atoms. The Hall–Kier alpha value is -1.26. The maximum atomic E-state index is 12.0. The van der Waals surface area contributed by atoms with E-state index in [1.165, 1.54) is 13.0 Å². The van der Waals surface area contributed by atoms with Crippen LogP contribution in [0.2, 0.25) is 0 Å². The molecule has 2 nitrogen and oxygen atoms in total. The maximum Gasteiger partial charge on any atom is 0.421 e. The summed E-state index contributed by atoms with van der Waals surface area (Å²) >= 11 is 0. The predicted octanol–water partition coefficient (Wildman–Crippen LogP) is 1.70. The van der Waals surface area contributed by atoms with E-state index >= 15 is 0 Å². The number of pyridine rings is 1. The van der Waals surface area contributed by atoms with Crippen LogP contribution in [0, 0.1) is 6.92 Å². The van der Waals surface area contributed by atoms with Gasteiger partial charge in [0.15, 0.2) is 0 Å². The first kappa shape index (κ1) is 8.83. The zero-order valence-electron chi connectivity index (χ0n) is 6.20. The molecule has 1 N–H and O–H groups in total. The number of nitrogens with one attached hydrogen (secondary N) is 1. The standard InChI is InChI=1S/C7H6F3NO/c1-4-2-3-5(6(12)11-4)7(8,9)10/h2-3H,1H3,(H,11,12). The Kier molecular flexibility index (Phi) is 1.95. The van der Waals surface area contributed by atoms with Crippen molar-refractivity contribution in [1.29, 1.82) is 0 Å². The van der Waals surface area contributed by atoms with Gasteiger partial charge in [0.05, 0.1) is 0 Å². The Bertz CT molecular complexity index is 339. The first-order chi connectivity index (χ1) is 5.41. The molecule has 0 atom stereocenters. The summed E-state index contributed by atoms with van der Waals surface area (Å²) in [6, 6.07) is 1.98. The second-order valence-electron chi connectivity index (χ2n) is 2.38. The molecule has 1 aromatic heterocycles. The lowest BCUT2D eigenvalue weighted by atomic mass is 10.2. The first-order valence-corrected chi connectivity index (χ1v) is 3.18. The predicted molar refractivity (Wildman–Crippen MR) is 36.8 cm³/mol. The third-order valence-corrected chi connectivity index (χ3v) is 1.36. The molecule has 0 saturated carbocycles. The smallest absolute Gasteiger partial charge is 0.326 e. The number of hydrogen-bond acceptors (Lipinski definition) is 1. The fourth-order valence-electron chi connectivity index (χ4n) is 0.795. The molecule has 12 heavy (non-hydrogen) atoms. The number of H-pyrrole nitrogens is 1. The van der Waals surface area contributed by atoms with Crippen LogP contribution in [-0.4, -0.2) is 4.98 Å². The molecule has 5 heteroatoms. The van der Waals surface area contributed by atoms with Crippen LogP contribution in [0.25, 0.3) is 0 Å². The van der Waals surface area contributed by atoms with Gasteiger partial charge in [-0.25, -0.2) is 0 Å². The van der Waals surface area contributed by atoms with Gasteiger partial charge in [-0.15, -0.1) is 0 Å². The average molecular weight is 177 g/mol. The number of alkyl halides is 3. The summed E-state index contributed by atoms with van der Waals surface area (Å²) in [4.78, 5) is 12.8. The minimum Gasteiger partial charge on any atom is -0.326 e. The molecule has 0 radical (unpaired) electrons. The van der Waals surface area contributed by atoms with Crippen LogP contribution in [0.3, 0.4) is 0 Å². The molecule has 0 aliphatic carbocycles. The van der Waals surface area contributed by atoms with Crippen molar-refractivity contribution in [2.75, 3.05) is 0 Å². The quantitative estimate of drug-likeness (QED) is 0.642. The summed E-state index contributed by atoms with van der Waals surface area (Å²) in [6.45, 7) is 1.52. The van der Waals surface area contributed by atoms with Crippen LogP contribution in [0.15, 0.2) is 16.9 Å². The highest BCUT2D eigenvalue weighted by Gasteiger charge is 2.33. The molecule has 66 valence electrons. The monoisotopic (exact) mass is 177 g/mol. The largest absolute Gasteiger partial charge is 0.421 e. The van der Waals surface area contributed by atoms with Crippen molar-refractivity contribution in [2.24, 2.45) is 0 Å². The van der Waals surface area contributed by atoms with Gasteiger partial charge in [-0.1, -0.05) is 0 Å². The van der Waals surface area contributed by atoms with Gasteiger partial charge in [0.2, 0.25) is 0 Å². The first-order valence-electron chi connectivity index (χ1n) is 3.18. The molecular formula is C7H6F3NO. The Balaban J connectivity index is 3.29. The number of aromatic nitrogens is 1. The molecule has 1 rings (SSSR count). The molecule has 1 aromatic rings. The van der Waals surface area contributed by atoms with E-state index in [1.807, 2.05) is 0 Å². The van der Waals surface area contributed by atoms with Gasteiger partial charge in [0.25, 0.3) is 5.56 Å². The molecule has 0 aliphatic rings. The Morgan fingerprint density at radius 2 is 1.92 bits per heavy atom. The summed E-state index contributed by atoms with van der Waals surface area (Å²) in [5.74, 6) is 0. The summed E-state index contributed by atoms with van der Waals surface area (Å²) in [6.07, 6.45) is -4.57. The van der Waals surface area contributed by atoms with Crippen LogP contribution >= 0.6 is 0 Å². The third kappa shape index (κ3) is 1.66. The van der Waals surface area contributed by atoms with E-state index in [2.05, 4.69) is 4.98 Å². The van der Waals surface area contributed by atoms with Crippen molar-refractivity contribution in [3.05, 3.63) is 33.7 Å². The van der Waals surface area contributed by atoms with Crippen LogP contribution in [-0.2, 0) is 6.18 Å². The Morgan fingerprint density at radius 3 is 2.33 bits per heavy atom. The van der Waals surface area contributed by atoms with Crippen molar-refractivity contribution < 1.29 is 13.2 Å². The summed E-state index contributed by atoms with van der Waals surface area (Å²) in [7, 11) is 0. The second-order valence-corrected chi connectivity index (χ2v) is 2.38. The molecule has 0 unspecified atom stereocenters. The van der Waals surface area contributed by atoms with Crippen molar-refractivity contribution in [3.8, 4) is 0 Å². The topological polar surface area (TPSA) is 32.9 Å². The molecule has 0 amide bonds. The van der Waals surface area contributed by atoms with Gasteiger partial charge >= 0.3 is 6.18 Å². The minimum atomic E-state index is -4.57. The zero-order chi connectivity index (χ0) is 9.35. The molecule has 0 bridgehead atoms. The minimum absolute atomic E-state index is 0.410. The van der Waals surface area contributed by atoms with Crippen LogP contribution < -0.4 is 5.56 Å². The summed E-state index contributed by atoms with van der Waals surface area (Å²) < 4.78 is 35.9. The van der Waals surface area contributed by atoms with E-state index in [4.69, 9.17) is 0 Å². The molecular weight excluding hydrogens is 171 g/mol. The molecule has 1 heterocycles. The maximum absolute atomic E-state index is 12.0. The fraction of sp³-hybridized carbons (Fsp3) is 0.286. The molecule has 0 aromatic carbocycles. The second kappa shape index (κ2) is 2.66. The van der Waals surface area contributed by atoms with E-state index in [-0.39, 0.29) is 0 Å². The number of halogens is 3. The van der Waals surface area contributed by atoms with E-state index in [0.717, 1.165) is 6.07 Å². The fourth-order valence-corrected chi connectivity index (χ4v) is 0.795. The molecule has 0 saturated heterocycles. The molecule has 0 fully saturated rings. The highest BCUT2D eigenvalue weighted by molar-refractivity contribution is 5.16. The molecule has 0 aliphatic heterocycles. The van der Waals surface area contributed by atoms with Crippen molar-refractivity contribution in [1.82, 2.24) is 4.98 Å². The normalized spacial score (nSPS) is 11.7. The van der Waals surface area contributed by atoms with Gasteiger partial charge < -0.3 is 4.98 Å². The lowest BCUT2D eigenvalue weighted by molar-refractivity contribution is -0.138. The van der Waals surface area contributed by atoms with Gasteiger partial charge in [0.1, 0.15) is 5.56 Å². The van der Waals surface area contributed by atoms with Gasteiger partial charge in [0, 0.05) is 5.69 Å². The number of aryl methyl sites for hydroxylation is 1. The van der Waals surface area contributed by atoms with Crippen LogP contribution in [0.5, 0.6) is 0 Å². The summed E-state index contributed by atoms with van der Waals surface area (Å²) in [5, 5.41) is 0. The lowest BCUT2D eigenvalue weighted by Gasteiger charge is -2.04. The third-order valence-electron chi connectivity index (χ3n) is 1.36. The van der Waals surface area contributed by atoms with Gasteiger partial charge in [-0.3, -0.25) is 4.79 Å². The highest BCUT2D eigenvalue weighted by atomic mass is 19.4. The summed E-state index contributed by atoms with van der Waals surface area (Å²) in [5.41, 5.74) is -1.84. The van der Waals surface area contributed by atoms with Crippen molar-refractivity contribution in [2.45, 2.75) is 13.1 Å². The number of hydrogen-bond donors (Lipinski definition) is 1. The number of rotatable bonds is 0. The SMILES string of the molecule is Cc1ccc(C(F)(F)F)c(=O)[nH]1. The highest BCUT2D eigenvalue weighted by Crippen LogP contribution is 2.25. The average Bonchev–Trinajstić information content (AvgIpc) is 1.83. The van der Waals surface area contributed by atoms with Gasteiger partial charge in [-0.05, 0) is 19.1 Å². The van der Waals surface area contributed by atoms with E-state index < -0.39 is 17.3 Å². The van der Waals surface area contributed by atoms with Gasteiger partial charge in [-0.2, -0.15) is 13.2 Å². The zero-order valence-corrected chi connectivity index (χ0v) is 6.20. The lowest BCUT2D eigenvalue weighted by Crippen LogP contribution is -2.21. The van der Waals surface area contributed by atoms with E-state index in [0.29, 0.717) is 5.69 Å². The van der Waals surface area contributed by atoms with Crippen molar-refractivity contribution >= 4 is 0 Å². The number of aromatic amines is 1. The Labute approximate surface area is 66.0 Å². The van der Waals surface area contributed by atoms with Crippen LogP contribution in [0.1, 0.15) is 11.3 Å². The Morgan fingerprint density at radius 1 is 1.33 bits per heavy atom. The van der Waals surface area contributed by atoms with Crippen LogP contribution in [0.4, 0.5) is 13.2 Å².